The number of rotatable bonds is 9. The molecule has 210 valence electrons. The van der Waals surface area contributed by atoms with Crippen LogP contribution in [-0.2, 0) is 4.79 Å². The third kappa shape index (κ3) is 7.77. The summed E-state index contributed by atoms with van der Waals surface area (Å²) in [5.74, 6) is 0.996. The highest BCUT2D eigenvalue weighted by Gasteiger charge is 2.18. The number of amides is 2. The Bertz CT molecular complexity index is 1530. The number of carbonyl (C=O) groups is 2. The smallest absolute Gasteiger partial charge is 0.259 e. The zero-order chi connectivity index (χ0) is 28.6. The molecular weight excluding hydrogens is 547 g/mol. The minimum atomic E-state index is -0.408. The number of nitrogens with one attached hydrogen (secondary N) is 4. The van der Waals surface area contributed by atoms with Crippen LogP contribution in [0.1, 0.15) is 29.6 Å². The molecule has 1 atom stereocenters. The topological polar surface area (TPSA) is 117 Å². The standard InChI is InChI=1S/C30H28ClFN6O3/c31-25-16-22(36-29-24(4-2-13-35-29)30(40)37-21-7-5-20(32)6-8-21)9-10-26(25)41-23-11-14-34-27(17-23)38-28(39)15-19-3-1-12-33-18-19/h2,4-11,13-14,16-17,19,33H,1,3,12,15,18H2,(H,35,36)(H,37,40)(H,34,38,39). The lowest BCUT2D eigenvalue weighted by atomic mass is 9.96. The fourth-order valence-electron chi connectivity index (χ4n) is 4.44. The Kier molecular flexibility index (Phi) is 9.02. The van der Waals surface area contributed by atoms with Gasteiger partial charge >= 0.3 is 0 Å². The van der Waals surface area contributed by atoms with Gasteiger partial charge in [0.05, 0.1) is 10.6 Å². The van der Waals surface area contributed by atoms with Crippen LogP contribution in [-0.4, -0.2) is 34.9 Å². The molecule has 5 rings (SSSR count). The molecule has 2 amide bonds. The number of ether oxygens (including phenoxy) is 1. The largest absolute Gasteiger partial charge is 0.456 e. The molecule has 11 heteroatoms. The van der Waals surface area contributed by atoms with Gasteiger partial charge in [-0.15, -0.1) is 0 Å². The Morgan fingerprint density at radius 1 is 1.00 bits per heavy atom. The van der Waals surface area contributed by atoms with Crippen molar-refractivity contribution in [3.8, 4) is 11.5 Å². The van der Waals surface area contributed by atoms with E-state index in [0.717, 1.165) is 25.9 Å². The van der Waals surface area contributed by atoms with Crippen LogP contribution in [0, 0.1) is 11.7 Å². The van der Waals surface area contributed by atoms with Crippen LogP contribution in [0.4, 0.5) is 27.4 Å². The first kappa shape index (κ1) is 28.0. The van der Waals surface area contributed by atoms with Crippen LogP contribution in [0.5, 0.6) is 11.5 Å². The van der Waals surface area contributed by atoms with Crippen molar-refractivity contribution in [2.45, 2.75) is 19.3 Å². The van der Waals surface area contributed by atoms with E-state index in [9.17, 15) is 14.0 Å². The molecule has 1 aliphatic rings. The fourth-order valence-corrected chi connectivity index (χ4v) is 4.66. The molecule has 0 bridgehead atoms. The van der Waals surface area contributed by atoms with Gasteiger partial charge in [0.25, 0.3) is 5.91 Å². The highest BCUT2D eigenvalue weighted by Crippen LogP contribution is 2.33. The van der Waals surface area contributed by atoms with Crippen LogP contribution < -0.4 is 26.0 Å². The van der Waals surface area contributed by atoms with Gasteiger partial charge in [0.2, 0.25) is 5.91 Å². The zero-order valence-electron chi connectivity index (χ0n) is 22.0. The molecule has 2 aromatic carbocycles. The number of pyridine rings is 2. The summed E-state index contributed by atoms with van der Waals surface area (Å²) in [4.78, 5) is 33.8. The maximum absolute atomic E-state index is 13.2. The summed E-state index contributed by atoms with van der Waals surface area (Å²) >= 11 is 6.51. The number of halogens is 2. The quantitative estimate of drug-likeness (QED) is 0.183. The molecule has 41 heavy (non-hydrogen) atoms. The lowest BCUT2D eigenvalue weighted by Gasteiger charge is -2.21. The van der Waals surface area contributed by atoms with E-state index in [1.165, 1.54) is 24.3 Å². The predicted molar refractivity (Wildman–Crippen MR) is 156 cm³/mol. The average Bonchev–Trinajstić information content (AvgIpc) is 2.97. The average molecular weight is 575 g/mol. The van der Waals surface area contributed by atoms with Gasteiger partial charge in [-0.25, -0.2) is 14.4 Å². The van der Waals surface area contributed by atoms with E-state index in [-0.39, 0.29) is 5.91 Å². The van der Waals surface area contributed by atoms with Gasteiger partial charge in [0.15, 0.2) is 0 Å². The molecule has 4 N–H and O–H groups in total. The lowest BCUT2D eigenvalue weighted by Crippen LogP contribution is -2.32. The second-order valence-electron chi connectivity index (χ2n) is 9.57. The Labute approximate surface area is 241 Å². The first-order valence-electron chi connectivity index (χ1n) is 13.2. The van der Waals surface area contributed by atoms with Gasteiger partial charge in [0.1, 0.15) is 29.0 Å². The highest BCUT2D eigenvalue weighted by atomic mass is 35.5. The summed E-state index contributed by atoms with van der Waals surface area (Å²) in [6, 6.07) is 17.1. The molecular formula is C30H28ClFN6O3. The van der Waals surface area contributed by atoms with Crippen LogP contribution in [0.15, 0.2) is 79.1 Å². The van der Waals surface area contributed by atoms with Crippen LogP contribution >= 0.6 is 11.6 Å². The van der Waals surface area contributed by atoms with Gasteiger partial charge in [-0.05, 0) is 92.5 Å². The molecule has 0 aliphatic carbocycles. The Hall–Kier alpha value is -4.54. The van der Waals surface area contributed by atoms with E-state index in [0.29, 0.717) is 57.4 Å². The zero-order valence-corrected chi connectivity index (χ0v) is 22.7. The van der Waals surface area contributed by atoms with Crippen molar-refractivity contribution >= 4 is 46.4 Å². The number of anilines is 4. The van der Waals surface area contributed by atoms with Crippen LogP contribution in [0.25, 0.3) is 0 Å². The van der Waals surface area contributed by atoms with Crippen molar-refractivity contribution in [2.24, 2.45) is 5.92 Å². The van der Waals surface area contributed by atoms with Gasteiger partial charge in [0, 0.05) is 36.3 Å². The molecule has 0 radical (unpaired) electrons. The van der Waals surface area contributed by atoms with Crippen molar-refractivity contribution in [3.05, 3.63) is 95.5 Å². The number of hydrogen-bond donors (Lipinski definition) is 4. The fraction of sp³-hybridized carbons (Fsp3) is 0.200. The van der Waals surface area contributed by atoms with Crippen molar-refractivity contribution in [1.82, 2.24) is 15.3 Å². The molecule has 3 heterocycles. The van der Waals surface area contributed by atoms with E-state index >= 15 is 0 Å². The predicted octanol–water partition coefficient (Wildman–Crippen LogP) is 6.39. The van der Waals surface area contributed by atoms with Crippen molar-refractivity contribution in [3.63, 3.8) is 0 Å². The minimum absolute atomic E-state index is 0.0861. The molecule has 0 spiro atoms. The lowest BCUT2D eigenvalue weighted by molar-refractivity contribution is -0.117. The van der Waals surface area contributed by atoms with Gasteiger partial charge in [-0.3, -0.25) is 9.59 Å². The SMILES string of the molecule is O=C(CC1CCCNC1)Nc1cc(Oc2ccc(Nc3ncccc3C(=O)Nc3ccc(F)cc3)cc2Cl)ccn1. The summed E-state index contributed by atoms with van der Waals surface area (Å²) in [5.41, 5.74) is 1.33. The van der Waals surface area contributed by atoms with Gasteiger partial charge in [-0.2, -0.15) is 0 Å². The molecule has 1 saturated heterocycles. The van der Waals surface area contributed by atoms with Crippen molar-refractivity contribution in [1.29, 1.82) is 0 Å². The Morgan fingerprint density at radius 2 is 1.83 bits per heavy atom. The molecule has 1 unspecified atom stereocenters. The second-order valence-corrected chi connectivity index (χ2v) is 9.98. The summed E-state index contributed by atoms with van der Waals surface area (Å²) in [6.07, 6.45) is 5.65. The monoisotopic (exact) mass is 574 g/mol. The van der Waals surface area contributed by atoms with Crippen molar-refractivity contribution in [2.75, 3.05) is 29.0 Å². The molecule has 9 nitrogen and oxygen atoms in total. The van der Waals surface area contributed by atoms with E-state index in [1.807, 2.05) is 0 Å². The van der Waals surface area contributed by atoms with Crippen LogP contribution in [0.3, 0.4) is 0 Å². The molecule has 1 fully saturated rings. The summed E-state index contributed by atoms with van der Waals surface area (Å²) in [6.45, 7) is 1.84. The number of nitrogens with zero attached hydrogens (tertiary/aromatic N) is 2. The number of aromatic nitrogens is 2. The first-order chi connectivity index (χ1) is 19.9. The second kappa shape index (κ2) is 13.2. The van der Waals surface area contributed by atoms with E-state index in [2.05, 4.69) is 31.2 Å². The molecule has 0 saturated carbocycles. The highest BCUT2D eigenvalue weighted by molar-refractivity contribution is 6.32. The third-order valence-electron chi connectivity index (χ3n) is 6.45. The number of benzene rings is 2. The van der Waals surface area contributed by atoms with E-state index in [1.54, 1.807) is 54.9 Å². The number of hydrogen-bond acceptors (Lipinski definition) is 7. The van der Waals surface area contributed by atoms with Gasteiger partial charge in [-0.1, -0.05) is 11.6 Å². The van der Waals surface area contributed by atoms with E-state index < -0.39 is 11.7 Å². The normalized spacial score (nSPS) is 14.6. The first-order valence-corrected chi connectivity index (χ1v) is 13.5. The van der Waals surface area contributed by atoms with Crippen molar-refractivity contribution < 1.29 is 18.7 Å². The van der Waals surface area contributed by atoms with Gasteiger partial charge < -0.3 is 26.0 Å². The maximum atomic E-state index is 13.2. The summed E-state index contributed by atoms with van der Waals surface area (Å²) < 4.78 is 19.2. The van der Waals surface area contributed by atoms with Crippen LogP contribution in [0.2, 0.25) is 5.02 Å². The molecule has 1 aliphatic heterocycles. The Morgan fingerprint density at radius 3 is 2.61 bits per heavy atom. The summed E-state index contributed by atoms with van der Waals surface area (Å²) in [7, 11) is 0. The molecule has 2 aromatic heterocycles. The molecule has 4 aromatic rings. The van der Waals surface area contributed by atoms with E-state index in [4.69, 9.17) is 16.3 Å². The Balaban J connectivity index is 1.22. The number of carbonyl (C=O) groups excluding carboxylic acids is 2. The third-order valence-corrected chi connectivity index (χ3v) is 6.74. The number of piperidine rings is 1. The maximum Gasteiger partial charge on any atom is 0.259 e. The minimum Gasteiger partial charge on any atom is -0.456 e. The summed E-state index contributed by atoms with van der Waals surface area (Å²) in [5, 5.41) is 12.3.